The molecule has 37 heavy (non-hydrogen) atoms. The van der Waals surface area contributed by atoms with E-state index in [1.54, 1.807) is 0 Å². The number of primary amides is 1. The van der Waals surface area contributed by atoms with Gasteiger partial charge in [0.2, 0.25) is 0 Å². The molecule has 2 aromatic carbocycles. The highest BCUT2D eigenvalue weighted by atomic mass is 19.4. The van der Waals surface area contributed by atoms with Crippen LogP contribution in [0.1, 0.15) is 22.6 Å². The summed E-state index contributed by atoms with van der Waals surface area (Å²) in [7, 11) is 2.25. The van der Waals surface area contributed by atoms with Gasteiger partial charge in [-0.25, -0.2) is 9.18 Å². The summed E-state index contributed by atoms with van der Waals surface area (Å²) in [5.41, 5.74) is 1.69. The molecule has 1 aliphatic heterocycles. The molecule has 1 heterocycles. The van der Waals surface area contributed by atoms with Crippen LogP contribution in [0, 0.1) is 5.82 Å². The van der Waals surface area contributed by atoms with Gasteiger partial charge in [-0.05, 0) is 35.9 Å². The van der Waals surface area contributed by atoms with E-state index in [0.717, 1.165) is 29.0 Å². The van der Waals surface area contributed by atoms with Crippen LogP contribution in [0.2, 0.25) is 0 Å². The first-order chi connectivity index (χ1) is 17.0. The van der Waals surface area contributed by atoms with Gasteiger partial charge in [-0.1, -0.05) is 12.1 Å². The summed E-state index contributed by atoms with van der Waals surface area (Å²) in [6.07, 6.45) is -10.2. The maximum Gasteiger partial charge on any atom is 0.416 e. The molecule has 0 aliphatic carbocycles. The lowest BCUT2D eigenvalue weighted by Crippen LogP contribution is -2.48. The predicted octanol–water partition coefficient (Wildman–Crippen LogP) is 3.83. The molecule has 0 saturated carbocycles. The van der Waals surface area contributed by atoms with E-state index in [-0.39, 0.29) is 19.2 Å². The molecule has 0 aromatic heterocycles. The molecule has 0 spiro atoms. The van der Waals surface area contributed by atoms with Crippen LogP contribution in [0.4, 0.5) is 41.2 Å². The maximum absolute atomic E-state index is 13.4. The van der Waals surface area contributed by atoms with E-state index in [0.29, 0.717) is 22.6 Å². The van der Waals surface area contributed by atoms with Crippen LogP contribution in [0.25, 0.3) is 0 Å². The van der Waals surface area contributed by atoms with E-state index in [2.05, 4.69) is 0 Å². The predicted molar refractivity (Wildman–Crippen MR) is 117 cm³/mol. The summed E-state index contributed by atoms with van der Waals surface area (Å²) in [6, 6.07) is 3.98. The summed E-state index contributed by atoms with van der Waals surface area (Å²) in [5.74, 6) is -3.53. The average molecular weight is 534 g/mol. The number of amides is 4. The third kappa shape index (κ3) is 5.94. The molecule has 2 aromatic rings. The second-order valence-electron chi connectivity index (χ2n) is 8.52. The Morgan fingerprint density at radius 1 is 0.892 bits per heavy atom. The lowest BCUT2D eigenvalue weighted by atomic mass is 9.93. The highest BCUT2D eigenvalue weighted by Gasteiger charge is 2.42. The van der Waals surface area contributed by atoms with Crippen molar-refractivity contribution >= 4 is 23.5 Å². The summed E-state index contributed by atoms with van der Waals surface area (Å²) in [5, 5.41) is 0. The monoisotopic (exact) mass is 534 g/mol. The standard InChI is InChI=1S/C23H21F7N4O3/c1-32(16-8-13(22(25,26)27)7-14(9-16)23(28,29)30)21(37)33(2)18-11-34(20(36)19(31)35)10-17(18)12-3-5-15(24)6-4-12/h3-9,17-18H,10-11H2,1-2H3,(H2,31,35). The third-order valence-electron chi connectivity index (χ3n) is 6.13. The van der Waals surface area contributed by atoms with E-state index in [9.17, 15) is 45.1 Å². The number of likely N-dealkylation sites (N-methyl/N-ethyl adjacent to an activating group) is 1. The Hall–Kier alpha value is -3.84. The fourth-order valence-electron chi connectivity index (χ4n) is 4.16. The molecule has 14 heteroatoms. The summed E-state index contributed by atoms with van der Waals surface area (Å²) >= 11 is 0. The van der Waals surface area contributed by atoms with Crippen molar-refractivity contribution in [3.05, 3.63) is 65.0 Å². The van der Waals surface area contributed by atoms with E-state index in [1.165, 1.54) is 19.2 Å². The van der Waals surface area contributed by atoms with E-state index in [1.807, 2.05) is 0 Å². The van der Waals surface area contributed by atoms with Crippen LogP contribution in [0.3, 0.4) is 0 Å². The van der Waals surface area contributed by atoms with Crippen molar-refractivity contribution in [2.24, 2.45) is 5.73 Å². The third-order valence-corrected chi connectivity index (χ3v) is 6.13. The first-order valence-corrected chi connectivity index (χ1v) is 10.6. The van der Waals surface area contributed by atoms with Gasteiger partial charge in [0, 0.05) is 38.8 Å². The number of hydrogen-bond donors (Lipinski definition) is 1. The zero-order valence-corrected chi connectivity index (χ0v) is 19.4. The van der Waals surface area contributed by atoms with Gasteiger partial charge in [0.25, 0.3) is 0 Å². The quantitative estimate of drug-likeness (QED) is 0.480. The second-order valence-corrected chi connectivity index (χ2v) is 8.52. The molecule has 0 bridgehead atoms. The minimum Gasteiger partial charge on any atom is -0.361 e. The van der Waals surface area contributed by atoms with Crippen LogP contribution < -0.4 is 10.6 Å². The highest BCUT2D eigenvalue weighted by Crippen LogP contribution is 2.39. The van der Waals surface area contributed by atoms with Crippen LogP contribution in [0.15, 0.2) is 42.5 Å². The number of nitrogens with zero attached hydrogens (tertiary/aromatic N) is 3. The SMILES string of the molecule is CN(C(=O)N(C)C1CN(C(=O)C(N)=O)CC1c1ccc(F)cc1)c1cc(C(F)(F)F)cc(C(F)(F)F)c1. The first-order valence-electron chi connectivity index (χ1n) is 10.6. The number of halogens is 7. The number of alkyl halides is 6. The van der Waals surface area contributed by atoms with Crippen LogP contribution in [-0.2, 0) is 21.9 Å². The molecule has 1 aliphatic rings. The van der Waals surface area contributed by atoms with Crippen molar-refractivity contribution in [2.45, 2.75) is 24.3 Å². The maximum atomic E-state index is 13.4. The molecule has 3 rings (SSSR count). The van der Waals surface area contributed by atoms with Crippen LogP contribution in [-0.4, -0.2) is 60.9 Å². The number of hydrogen-bond acceptors (Lipinski definition) is 3. The smallest absolute Gasteiger partial charge is 0.361 e. The summed E-state index contributed by atoms with van der Waals surface area (Å²) < 4.78 is 93.1. The van der Waals surface area contributed by atoms with Crippen molar-refractivity contribution in [2.75, 3.05) is 32.1 Å². The Labute approximate surface area is 206 Å². The van der Waals surface area contributed by atoms with Crippen molar-refractivity contribution < 1.29 is 45.1 Å². The highest BCUT2D eigenvalue weighted by molar-refractivity contribution is 6.34. The zero-order valence-electron chi connectivity index (χ0n) is 19.4. The molecule has 2 unspecified atom stereocenters. The van der Waals surface area contributed by atoms with Gasteiger partial charge in [0.1, 0.15) is 5.82 Å². The van der Waals surface area contributed by atoms with Gasteiger partial charge in [0.05, 0.1) is 17.2 Å². The van der Waals surface area contributed by atoms with Gasteiger partial charge in [-0.15, -0.1) is 0 Å². The Balaban J connectivity index is 1.97. The largest absolute Gasteiger partial charge is 0.416 e. The normalized spacial score (nSPS) is 18.0. The van der Waals surface area contributed by atoms with Gasteiger partial charge >= 0.3 is 30.2 Å². The second kappa shape index (κ2) is 9.90. The first kappa shape index (κ1) is 27.7. The molecule has 4 amide bonds. The average Bonchev–Trinajstić information content (AvgIpc) is 3.26. The van der Waals surface area contributed by atoms with E-state index < -0.39 is 64.8 Å². The lowest BCUT2D eigenvalue weighted by Gasteiger charge is -2.33. The summed E-state index contributed by atoms with van der Waals surface area (Å²) in [6.45, 7) is -0.308. The van der Waals surface area contributed by atoms with Crippen molar-refractivity contribution in [1.82, 2.24) is 9.80 Å². The number of carbonyl (C=O) groups is 3. The van der Waals surface area contributed by atoms with E-state index >= 15 is 0 Å². The number of anilines is 1. The van der Waals surface area contributed by atoms with Gasteiger partial charge in [-0.2, -0.15) is 26.3 Å². The Bertz CT molecular complexity index is 1170. The molecular formula is C23H21F7N4O3. The number of carbonyl (C=O) groups excluding carboxylic acids is 3. The van der Waals surface area contributed by atoms with Crippen LogP contribution in [0.5, 0.6) is 0 Å². The Morgan fingerprint density at radius 2 is 1.41 bits per heavy atom. The molecule has 200 valence electrons. The van der Waals surface area contributed by atoms with Gasteiger partial charge in [0.15, 0.2) is 0 Å². The molecule has 7 nitrogen and oxygen atoms in total. The lowest BCUT2D eigenvalue weighted by molar-refractivity contribution is -0.143. The van der Waals surface area contributed by atoms with Gasteiger partial charge in [-0.3, -0.25) is 14.5 Å². The van der Waals surface area contributed by atoms with E-state index in [4.69, 9.17) is 5.73 Å². The Kier molecular flexibility index (Phi) is 7.42. The topological polar surface area (TPSA) is 87.0 Å². The minimum atomic E-state index is -5.11. The number of likely N-dealkylation sites (tertiary alicyclic amines) is 1. The number of benzene rings is 2. The number of urea groups is 1. The number of rotatable bonds is 3. The molecule has 2 N–H and O–H groups in total. The van der Waals surface area contributed by atoms with Crippen LogP contribution >= 0.6 is 0 Å². The molecule has 1 fully saturated rings. The van der Waals surface area contributed by atoms with Crippen molar-refractivity contribution in [3.8, 4) is 0 Å². The zero-order chi connectivity index (χ0) is 27.9. The van der Waals surface area contributed by atoms with Crippen molar-refractivity contribution in [1.29, 1.82) is 0 Å². The molecular weight excluding hydrogens is 513 g/mol. The summed E-state index contributed by atoms with van der Waals surface area (Å²) in [4.78, 5) is 39.6. The fraction of sp³-hybridized carbons (Fsp3) is 0.348. The molecule has 1 saturated heterocycles. The fourth-order valence-corrected chi connectivity index (χ4v) is 4.16. The number of nitrogens with two attached hydrogens (primary N) is 1. The molecule has 2 atom stereocenters. The van der Waals surface area contributed by atoms with Crippen molar-refractivity contribution in [3.63, 3.8) is 0 Å². The van der Waals surface area contributed by atoms with Gasteiger partial charge < -0.3 is 15.5 Å². The minimum absolute atomic E-state index is 0.0552. The molecule has 0 radical (unpaired) electrons. The Morgan fingerprint density at radius 3 is 1.86 bits per heavy atom.